The van der Waals surface area contributed by atoms with Crippen LogP contribution in [0.4, 0.5) is 10.5 Å². The van der Waals surface area contributed by atoms with Gasteiger partial charge in [-0.05, 0) is 42.7 Å². The third-order valence-corrected chi connectivity index (χ3v) is 7.21. The molecule has 1 unspecified atom stereocenters. The first-order valence-corrected chi connectivity index (χ1v) is 11.8. The molecule has 1 fully saturated rings. The highest BCUT2D eigenvalue weighted by atomic mass is 32.2. The van der Waals surface area contributed by atoms with E-state index in [1.807, 2.05) is 30.3 Å². The van der Waals surface area contributed by atoms with Gasteiger partial charge in [0.15, 0.2) is 0 Å². The fourth-order valence-electron chi connectivity index (χ4n) is 3.70. The molecule has 0 saturated carbocycles. The molecule has 1 aliphatic rings. The van der Waals surface area contributed by atoms with Crippen LogP contribution in [0, 0.1) is 0 Å². The molecule has 32 heavy (non-hydrogen) atoms. The molecule has 0 aliphatic carbocycles. The number of hydrogen-bond acceptors (Lipinski definition) is 4. The van der Waals surface area contributed by atoms with Crippen LogP contribution in [-0.2, 0) is 21.4 Å². The van der Waals surface area contributed by atoms with Crippen LogP contribution in [0.25, 0.3) is 0 Å². The van der Waals surface area contributed by atoms with E-state index in [1.165, 1.54) is 28.6 Å². The zero-order valence-corrected chi connectivity index (χ0v) is 18.5. The maximum atomic E-state index is 13.4. The molecule has 0 spiro atoms. The van der Waals surface area contributed by atoms with E-state index in [-0.39, 0.29) is 35.6 Å². The number of anilines is 1. The van der Waals surface area contributed by atoms with Crippen LogP contribution >= 0.6 is 0 Å². The molecule has 1 aliphatic heterocycles. The van der Waals surface area contributed by atoms with Crippen LogP contribution in [-0.4, -0.2) is 49.0 Å². The zero-order valence-electron chi connectivity index (χ0n) is 17.7. The summed E-state index contributed by atoms with van der Waals surface area (Å²) in [5.74, 6) is -0.339. The third kappa shape index (κ3) is 5.74. The second kappa shape index (κ2) is 10.4. The Morgan fingerprint density at radius 3 is 2.59 bits per heavy atom. The molecule has 170 valence electrons. The molecule has 0 bridgehead atoms. The minimum absolute atomic E-state index is 0.0185. The summed E-state index contributed by atoms with van der Waals surface area (Å²) in [6, 6.07) is 14.7. The van der Waals surface area contributed by atoms with Crippen molar-refractivity contribution >= 4 is 27.7 Å². The van der Waals surface area contributed by atoms with Crippen molar-refractivity contribution in [2.24, 2.45) is 0 Å². The zero-order chi connectivity index (χ0) is 23.1. The number of rotatable bonds is 7. The second-order valence-electron chi connectivity index (χ2n) is 7.62. The summed E-state index contributed by atoms with van der Waals surface area (Å²) in [6.07, 6.45) is 2.13. The van der Waals surface area contributed by atoms with E-state index in [0.717, 1.165) is 16.9 Å². The number of benzene rings is 2. The predicted molar refractivity (Wildman–Crippen MR) is 122 cm³/mol. The van der Waals surface area contributed by atoms with Gasteiger partial charge in [-0.3, -0.25) is 9.69 Å². The Balaban J connectivity index is 1.86. The Kier molecular flexibility index (Phi) is 7.66. The quantitative estimate of drug-likeness (QED) is 0.621. The lowest BCUT2D eigenvalue weighted by molar-refractivity contribution is -0.117. The first kappa shape index (κ1) is 23.5. The lowest BCUT2D eigenvalue weighted by Crippen LogP contribution is -2.44. The average Bonchev–Trinajstić information content (AvgIpc) is 3.04. The van der Waals surface area contributed by atoms with Gasteiger partial charge in [-0.25, -0.2) is 13.2 Å². The van der Waals surface area contributed by atoms with E-state index in [4.69, 9.17) is 0 Å². The average molecular weight is 458 g/mol. The molecule has 1 heterocycles. The van der Waals surface area contributed by atoms with Crippen LogP contribution in [0.15, 0.2) is 72.1 Å². The SMILES string of the molecule is C=CC(=O)NC1CCCCN(S(=O)(=O)c2cccc(N(Cc3ccccc3)C(=O)O)c2)C1. The normalized spacial score (nSPS) is 17.2. The van der Waals surface area contributed by atoms with Gasteiger partial charge in [-0.1, -0.05) is 49.4 Å². The van der Waals surface area contributed by atoms with Gasteiger partial charge in [0.2, 0.25) is 15.9 Å². The summed E-state index contributed by atoms with van der Waals surface area (Å²) in [7, 11) is -3.88. The van der Waals surface area contributed by atoms with Gasteiger partial charge in [0, 0.05) is 24.8 Å². The fourth-order valence-corrected chi connectivity index (χ4v) is 5.26. The van der Waals surface area contributed by atoms with Crippen molar-refractivity contribution in [1.29, 1.82) is 0 Å². The molecule has 1 atom stereocenters. The number of hydrogen-bond donors (Lipinski definition) is 2. The van der Waals surface area contributed by atoms with E-state index in [0.29, 0.717) is 19.4 Å². The summed E-state index contributed by atoms with van der Waals surface area (Å²) in [5, 5.41) is 12.5. The first-order chi connectivity index (χ1) is 15.3. The molecule has 9 heteroatoms. The molecule has 2 amide bonds. The number of sulfonamides is 1. The molecule has 0 aromatic heterocycles. The molecule has 2 aromatic carbocycles. The highest BCUT2D eigenvalue weighted by Gasteiger charge is 2.30. The summed E-state index contributed by atoms with van der Waals surface area (Å²) in [5.41, 5.74) is 1.06. The number of carbonyl (C=O) groups is 2. The number of nitrogens with zero attached hydrogens (tertiary/aromatic N) is 2. The van der Waals surface area contributed by atoms with E-state index in [9.17, 15) is 23.1 Å². The van der Waals surface area contributed by atoms with Gasteiger partial charge in [-0.15, -0.1) is 0 Å². The van der Waals surface area contributed by atoms with E-state index in [1.54, 1.807) is 6.07 Å². The monoisotopic (exact) mass is 457 g/mol. The predicted octanol–water partition coefficient (Wildman–Crippen LogP) is 3.22. The van der Waals surface area contributed by atoms with Crippen molar-refractivity contribution in [1.82, 2.24) is 9.62 Å². The summed E-state index contributed by atoms with van der Waals surface area (Å²) >= 11 is 0. The number of nitrogens with one attached hydrogen (secondary N) is 1. The van der Waals surface area contributed by atoms with Gasteiger partial charge >= 0.3 is 6.09 Å². The molecular weight excluding hydrogens is 430 g/mol. The topological polar surface area (TPSA) is 107 Å². The smallest absolute Gasteiger partial charge is 0.412 e. The molecule has 0 radical (unpaired) electrons. The van der Waals surface area contributed by atoms with Crippen LogP contribution in [0.5, 0.6) is 0 Å². The Labute approximate surface area is 188 Å². The van der Waals surface area contributed by atoms with Crippen molar-refractivity contribution in [3.05, 3.63) is 72.8 Å². The number of carboxylic acid groups (broad SMARTS) is 1. The van der Waals surface area contributed by atoms with Gasteiger partial charge in [0.1, 0.15) is 0 Å². The van der Waals surface area contributed by atoms with Crippen molar-refractivity contribution in [3.63, 3.8) is 0 Å². The Hall–Kier alpha value is -3.17. The van der Waals surface area contributed by atoms with Gasteiger partial charge in [0.05, 0.1) is 11.4 Å². The third-order valence-electron chi connectivity index (χ3n) is 5.35. The van der Waals surface area contributed by atoms with Crippen molar-refractivity contribution in [2.45, 2.75) is 36.7 Å². The van der Waals surface area contributed by atoms with Gasteiger partial charge in [-0.2, -0.15) is 4.31 Å². The van der Waals surface area contributed by atoms with Crippen LogP contribution < -0.4 is 10.2 Å². The Morgan fingerprint density at radius 2 is 1.91 bits per heavy atom. The standard InChI is InChI=1S/C23H27N3O5S/c1-2-22(27)24-19-11-6-7-14-25(17-19)32(30,31)21-13-8-12-20(15-21)26(23(28)29)16-18-9-4-3-5-10-18/h2-5,8-10,12-13,15,19H,1,6-7,11,14,16-17H2,(H,24,27)(H,28,29). The van der Waals surface area contributed by atoms with Crippen molar-refractivity contribution in [3.8, 4) is 0 Å². The number of amides is 2. The summed E-state index contributed by atoms with van der Waals surface area (Å²) < 4.78 is 28.1. The van der Waals surface area contributed by atoms with E-state index < -0.39 is 16.1 Å². The van der Waals surface area contributed by atoms with Crippen molar-refractivity contribution < 1.29 is 23.1 Å². The van der Waals surface area contributed by atoms with Crippen LogP contribution in [0.1, 0.15) is 24.8 Å². The van der Waals surface area contributed by atoms with Crippen molar-refractivity contribution in [2.75, 3.05) is 18.0 Å². The van der Waals surface area contributed by atoms with Crippen LogP contribution in [0.2, 0.25) is 0 Å². The molecule has 3 rings (SSSR count). The number of carbonyl (C=O) groups excluding carboxylic acids is 1. The minimum Gasteiger partial charge on any atom is -0.465 e. The Bertz CT molecular complexity index is 1070. The maximum Gasteiger partial charge on any atom is 0.412 e. The minimum atomic E-state index is -3.88. The Morgan fingerprint density at radius 1 is 1.16 bits per heavy atom. The fraction of sp³-hybridized carbons (Fsp3) is 0.304. The summed E-state index contributed by atoms with van der Waals surface area (Å²) in [4.78, 5) is 24.7. The van der Waals surface area contributed by atoms with Gasteiger partial charge in [0.25, 0.3) is 0 Å². The van der Waals surface area contributed by atoms with Crippen LogP contribution in [0.3, 0.4) is 0 Å². The highest BCUT2D eigenvalue weighted by molar-refractivity contribution is 7.89. The summed E-state index contributed by atoms with van der Waals surface area (Å²) in [6.45, 7) is 4.02. The maximum absolute atomic E-state index is 13.4. The van der Waals surface area contributed by atoms with Gasteiger partial charge < -0.3 is 10.4 Å². The molecular formula is C23H27N3O5S. The van der Waals surface area contributed by atoms with E-state index >= 15 is 0 Å². The lowest BCUT2D eigenvalue weighted by Gasteiger charge is -2.25. The lowest BCUT2D eigenvalue weighted by atomic mass is 10.1. The largest absolute Gasteiger partial charge is 0.465 e. The highest BCUT2D eigenvalue weighted by Crippen LogP contribution is 2.26. The molecule has 8 nitrogen and oxygen atoms in total. The molecule has 1 saturated heterocycles. The second-order valence-corrected chi connectivity index (χ2v) is 9.56. The van der Waals surface area contributed by atoms with E-state index in [2.05, 4.69) is 11.9 Å². The molecule has 2 N–H and O–H groups in total. The first-order valence-electron chi connectivity index (χ1n) is 10.4. The molecule has 2 aromatic rings.